The maximum atomic E-state index is 8.55. The summed E-state index contributed by atoms with van der Waals surface area (Å²) >= 11 is 5.77. The Balaban J connectivity index is 2.28. The summed E-state index contributed by atoms with van der Waals surface area (Å²) in [6.45, 7) is 0.234. The molecule has 1 rings (SSSR count). The zero-order valence-electron chi connectivity index (χ0n) is 8.12. The van der Waals surface area contributed by atoms with Gasteiger partial charge in [0.25, 0.3) is 0 Å². The number of benzene rings is 1. The van der Waals surface area contributed by atoms with Crippen LogP contribution in [0.25, 0.3) is 0 Å². The predicted molar refractivity (Wildman–Crippen MR) is 60.6 cm³/mol. The van der Waals surface area contributed by atoms with Crippen LogP contribution in [-0.4, -0.2) is 11.7 Å². The highest BCUT2D eigenvalue weighted by atomic mass is 35.5. The summed E-state index contributed by atoms with van der Waals surface area (Å²) in [7, 11) is 0. The molecular weight excluding hydrogens is 196 g/mol. The van der Waals surface area contributed by atoms with Crippen LogP contribution in [0.4, 0.5) is 0 Å². The molecule has 1 nitrogen and oxygen atoms in total. The Hall–Kier alpha value is -0.790. The van der Waals surface area contributed by atoms with E-state index in [-0.39, 0.29) is 6.61 Å². The van der Waals surface area contributed by atoms with Crippen molar-refractivity contribution in [3.63, 3.8) is 0 Å². The highest BCUT2D eigenvalue weighted by Gasteiger charge is 1.90. The van der Waals surface area contributed by atoms with Gasteiger partial charge in [0.2, 0.25) is 0 Å². The Bertz CT molecular complexity index is 277. The molecular formula is C12H15ClO. The van der Waals surface area contributed by atoms with Crippen molar-refractivity contribution in [3.8, 4) is 0 Å². The fourth-order valence-corrected chi connectivity index (χ4v) is 1.34. The molecule has 0 aliphatic carbocycles. The summed E-state index contributed by atoms with van der Waals surface area (Å²) in [5.41, 5.74) is 1.29. The lowest BCUT2D eigenvalue weighted by Crippen LogP contribution is -1.82. The van der Waals surface area contributed by atoms with Crippen LogP contribution >= 0.6 is 11.6 Å². The minimum absolute atomic E-state index is 0.234. The van der Waals surface area contributed by atoms with E-state index >= 15 is 0 Å². The lowest BCUT2D eigenvalue weighted by Gasteiger charge is -1.97. The van der Waals surface area contributed by atoms with Crippen LogP contribution in [0.15, 0.2) is 36.4 Å². The molecule has 0 atom stereocenters. The minimum atomic E-state index is 0.234. The van der Waals surface area contributed by atoms with E-state index in [1.165, 1.54) is 5.56 Å². The summed E-state index contributed by atoms with van der Waals surface area (Å²) < 4.78 is 0. The van der Waals surface area contributed by atoms with Gasteiger partial charge in [-0.25, -0.2) is 0 Å². The van der Waals surface area contributed by atoms with Gasteiger partial charge in [0.05, 0.1) is 0 Å². The van der Waals surface area contributed by atoms with Gasteiger partial charge in [0.1, 0.15) is 0 Å². The Labute approximate surface area is 90.0 Å². The van der Waals surface area contributed by atoms with Crippen molar-refractivity contribution >= 4 is 11.6 Å². The molecule has 0 amide bonds. The SMILES string of the molecule is OCC/C=C/CCc1ccc(Cl)cc1. The second-order valence-electron chi connectivity index (χ2n) is 3.15. The van der Waals surface area contributed by atoms with Crippen LogP contribution in [0.1, 0.15) is 18.4 Å². The maximum Gasteiger partial charge on any atom is 0.0465 e. The van der Waals surface area contributed by atoms with Gasteiger partial charge in [-0.2, -0.15) is 0 Å². The molecule has 2 heteroatoms. The van der Waals surface area contributed by atoms with Crippen LogP contribution in [0, 0.1) is 0 Å². The van der Waals surface area contributed by atoms with E-state index in [0.29, 0.717) is 0 Å². The number of aliphatic hydroxyl groups is 1. The van der Waals surface area contributed by atoms with E-state index in [9.17, 15) is 0 Å². The van der Waals surface area contributed by atoms with Crippen molar-refractivity contribution in [3.05, 3.63) is 47.0 Å². The molecule has 0 aliphatic rings. The quantitative estimate of drug-likeness (QED) is 0.740. The van der Waals surface area contributed by atoms with Gasteiger partial charge in [0.15, 0.2) is 0 Å². The number of allylic oxidation sites excluding steroid dienone is 1. The molecule has 0 fully saturated rings. The number of rotatable bonds is 5. The molecule has 1 aromatic carbocycles. The van der Waals surface area contributed by atoms with Crippen LogP contribution in [-0.2, 0) is 6.42 Å². The van der Waals surface area contributed by atoms with Crippen molar-refractivity contribution < 1.29 is 5.11 Å². The monoisotopic (exact) mass is 210 g/mol. The van der Waals surface area contributed by atoms with Gasteiger partial charge in [0, 0.05) is 11.6 Å². The van der Waals surface area contributed by atoms with E-state index in [2.05, 4.69) is 6.08 Å². The molecule has 0 saturated heterocycles. The Morgan fingerprint density at radius 1 is 1.07 bits per heavy atom. The van der Waals surface area contributed by atoms with E-state index < -0.39 is 0 Å². The van der Waals surface area contributed by atoms with Crippen LogP contribution in [0.5, 0.6) is 0 Å². The number of halogens is 1. The van der Waals surface area contributed by atoms with Gasteiger partial charge >= 0.3 is 0 Å². The van der Waals surface area contributed by atoms with Crippen LogP contribution in [0.2, 0.25) is 5.02 Å². The second kappa shape index (κ2) is 6.63. The molecule has 0 aromatic heterocycles. The second-order valence-corrected chi connectivity index (χ2v) is 3.59. The lowest BCUT2D eigenvalue weighted by molar-refractivity contribution is 0.302. The fraction of sp³-hybridized carbons (Fsp3) is 0.333. The van der Waals surface area contributed by atoms with Crippen LogP contribution < -0.4 is 0 Å². The number of hydrogen-bond acceptors (Lipinski definition) is 1. The molecule has 0 saturated carbocycles. The van der Waals surface area contributed by atoms with Crippen molar-refractivity contribution in [1.82, 2.24) is 0 Å². The molecule has 76 valence electrons. The average molecular weight is 211 g/mol. The topological polar surface area (TPSA) is 20.2 Å². The third-order valence-corrected chi connectivity index (χ3v) is 2.23. The van der Waals surface area contributed by atoms with Crippen molar-refractivity contribution in [2.75, 3.05) is 6.61 Å². The Morgan fingerprint density at radius 3 is 2.36 bits per heavy atom. The molecule has 0 spiro atoms. The zero-order chi connectivity index (χ0) is 10.2. The van der Waals surface area contributed by atoms with E-state index in [0.717, 1.165) is 24.3 Å². The molecule has 1 N–H and O–H groups in total. The van der Waals surface area contributed by atoms with Gasteiger partial charge in [-0.3, -0.25) is 0 Å². The Kier molecular flexibility index (Phi) is 5.35. The lowest BCUT2D eigenvalue weighted by atomic mass is 10.1. The Morgan fingerprint density at radius 2 is 1.71 bits per heavy atom. The molecule has 1 aromatic rings. The fourth-order valence-electron chi connectivity index (χ4n) is 1.21. The van der Waals surface area contributed by atoms with Crippen molar-refractivity contribution in [1.29, 1.82) is 0 Å². The van der Waals surface area contributed by atoms with E-state index in [4.69, 9.17) is 16.7 Å². The summed E-state index contributed by atoms with van der Waals surface area (Å²) in [5.74, 6) is 0. The van der Waals surface area contributed by atoms with E-state index in [1.54, 1.807) is 0 Å². The summed E-state index contributed by atoms with van der Waals surface area (Å²) in [5, 5.41) is 9.33. The van der Waals surface area contributed by atoms with Crippen molar-refractivity contribution in [2.45, 2.75) is 19.3 Å². The molecule has 0 aliphatic heterocycles. The molecule has 0 bridgehead atoms. The van der Waals surface area contributed by atoms with Gasteiger partial charge in [-0.05, 0) is 37.0 Å². The number of aryl methyl sites for hydroxylation is 1. The summed E-state index contributed by atoms with van der Waals surface area (Å²) in [6, 6.07) is 7.91. The van der Waals surface area contributed by atoms with Gasteiger partial charge < -0.3 is 5.11 Å². The summed E-state index contributed by atoms with van der Waals surface area (Å²) in [6.07, 6.45) is 6.90. The minimum Gasteiger partial charge on any atom is -0.396 e. The van der Waals surface area contributed by atoms with Crippen molar-refractivity contribution in [2.24, 2.45) is 0 Å². The third-order valence-electron chi connectivity index (χ3n) is 1.98. The van der Waals surface area contributed by atoms with E-state index in [1.807, 2.05) is 30.3 Å². The molecule has 0 heterocycles. The molecule has 14 heavy (non-hydrogen) atoms. The highest BCUT2D eigenvalue weighted by Crippen LogP contribution is 2.11. The normalized spacial score (nSPS) is 11.0. The predicted octanol–water partition coefficient (Wildman–Crippen LogP) is 3.21. The van der Waals surface area contributed by atoms with Gasteiger partial charge in [-0.1, -0.05) is 35.9 Å². The number of hydrogen-bond donors (Lipinski definition) is 1. The van der Waals surface area contributed by atoms with Crippen LogP contribution in [0.3, 0.4) is 0 Å². The first-order valence-corrected chi connectivity index (χ1v) is 5.21. The number of aliphatic hydroxyl groups excluding tert-OH is 1. The standard InChI is InChI=1S/C12H15ClO/c13-12-8-6-11(7-9-12)5-3-1-2-4-10-14/h1-2,6-9,14H,3-5,10H2/b2-1+. The molecule has 0 unspecified atom stereocenters. The highest BCUT2D eigenvalue weighted by molar-refractivity contribution is 6.30. The molecule has 0 radical (unpaired) electrons. The first kappa shape index (κ1) is 11.3. The smallest absolute Gasteiger partial charge is 0.0465 e. The largest absolute Gasteiger partial charge is 0.396 e. The average Bonchev–Trinajstić information content (AvgIpc) is 2.21. The maximum absolute atomic E-state index is 8.55. The first-order valence-electron chi connectivity index (χ1n) is 4.83. The first-order chi connectivity index (χ1) is 6.83. The summed E-state index contributed by atoms with van der Waals surface area (Å²) in [4.78, 5) is 0. The van der Waals surface area contributed by atoms with Gasteiger partial charge in [-0.15, -0.1) is 0 Å². The third kappa shape index (κ3) is 4.45. The zero-order valence-corrected chi connectivity index (χ0v) is 8.87.